The highest BCUT2D eigenvalue weighted by Crippen LogP contribution is 2.16. The number of aromatic nitrogens is 3. The monoisotopic (exact) mass is 245 g/mol. The molecule has 0 saturated carbocycles. The summed E-state index contributed by atoms with van der Waals surface area (Å²) in [6, 6.07) is 3.50. The number of methoxy groups -OCH3 is 2. The van der Waals surface area contributed by atoms with E-state index in [1.54, 1.807) is 25.4 Å². The highest BCUT2D eigenvalue weighted by molar-refractivity contribution is 5.87. The zero-order valence-corrected chi connectivity index (χ0v) is 9.95. The van der Waals surface area contributed by atoms with E-state index >= 15 is 0 Å². The van der Waals surface area contributed by atoms with Crippen LogP contribution in [0.5, 0.6) is 5.75 Å². The molecule has 2 aromatic rings. The van der Waals surface area contributed by atoms with E-state index in [1.807, 2.05) is 0 Å². The van der Waals surface area contributed by atoms with Crippen molar-refractivity contribution in [1.82, 2.24) is 15.0 Å². The Hall–Kier alpha value is -2.50. The first-order valence-electron chi connectivity index (χ1n) is 5.15. The third-order valence-corrected chi connectivity index (χ3v) is 2.26. The summed E-state index contributed by atoms with van der Waals surface area (Å²) in [7, 11) is 2.86. The van der Waals surface area contributed by atoms with Crippen molar-refractivity contribution < 1.29 is 14.3 Å². The van der Waals surface area contributed by atoms with E-state index < -0.39 is 5.97 Å². The van der Waals surface area contributed by atoms with E-state index in [4.69, 9.17) is 4.74 Å². The zero-order valence-electron chi connectivity index (χ0n) is 9.95. The number of nitrogens with zero attached hydrogens (tertiary/aromatic N) is 3. The van der Waals surface area contributed by atoms with Crippen LogP contribution in [0.4, 0.5) is 0 Å². The molecule has 0 radical (unpaired) electrons. The van der Waals surface area contributed by atoms with Gasteiger partial charge in [0.15, 0.2) is 5.69 Å². The summed E-state index contributed by atoms with van der Waals surface area (Å²) in [5.74, 6) is 0.119. The Labute approximate surface area is 104 Å². The van der Waals surface area contributed by atoms with E-state index in [1.165, 1.54) is 19.5 Å². The molecule has 2 rings (SSSR count). The Bertz CT molecular complexity index is 555. The average Bonchev–Trinajstić information content (AvgIpc) is 2.46. The first-order chi connectivity index (χ1) is 8.74. The van der Waals surface area contributed by atoms with Crippen LogP contribution in [0, 0.1) is 0 Å². The topological polar surface area (TPSA) is 74.2 Å². The second-order valence-corrected chi connectivity index (χ2v) is 3.36. The van der Waals surface area contributed by atoms with Gasteiger partial charge in [0, 0.05) is 0 Å². The Morgan fingerprint density at radius 2 is 1.94 bits per heavy atom. The van der Waals surface area contributed by atoms with Gasteiger partial charge in [0.1, 0.15) is 11.4 Å². The molecular weight excluding hydrogens is 234 g/mol. The van der Waals surface area contributed by atoms with Crippen LogP contribution in [0.25, 0.3) is 11.4 Å². The number of esters is 1. The molecule has 0 unspecified atom stereocenters. The zero-order chi connectivity index (χ0) is 13.0. The molecule has 0 saturated heterocycles. The van der Waals surface area contributed by atoms with Crippen molar-refractivity contribution in [2.24, 2.45) is 0 Å². The number of hydrogen-bond donors (Lipinski definition) is 0. The van der Waals surface area contributed by atoms with Crippen LogP contribution >= 0.6 is 0 Å². The molecule has 0 spiro atoms. The highest BCUT2D eigenvalue weighted by atomic mass is 16.5. The molecule has 18 heavy (non-hydrogen) atoms. The lowest BCUT2D eigenvalue weighted by molar-refractivity contribution is 0.0593. The van der Waals surface area contributed by atoms with Gasteiger partial charge >= 0.3 is 5.97 Å². The summed E-state index contributed by atoms with van der Waals surface area (Å²) in [5.41, 5.74) is 1.25. The maximum Gasteiger partial charge on any atom is 0.358 e. The predicted octanol–water partition coefficient (Wildman–Crippen LogP) is 1.33. The molecule has 2 heterocycles. The van der Waals surface area contributed by atoms with Crippen LogP contribution in [0.2, 0.25) is 0 Å². The predicted molar refractivity (Wildman–Crippen MR) is 63.2 cm³/mol. The summed E-state index contributed by atoms with van der Waals surface area (Å²) in [6.45, 7) is 0. The minimum Gasteiger partial charge on any atom is -0.495 e. The van der Waals surface area contributed by atoms with Crippen LogP contribution in [0.3, 0.4) is 0 Å². The van der Waals surface area contributed by atoms with E-state index in [0.29, 0.717) is 17.1 Å². The summed E-state index contributed by atoms with van der Waals surface area (Å²) in [4.78, 5) is 23.6. The van der Waals surface area contributed by atoms with Gasteiger partial charge in [-0.1, -0.05) is 0 Å². The molecule has 0 aliphatic rings. The van der Waals surface area contributed by atoms with Crippen molar-refractivity contribution in [3.63, 3.8) is 0 Å². The van der Waals surface area contributed by atoms with Crippen molar-refractivity contribution in [3.8, 4) is 17.1 Å². The molecule has 6 heteroatoms. The summed E-state index contributed by atoms with van der Waals surface area (Å²) < 4.78 is 9.59. The van der Waals surface area contributed by atoms with Gasteiger partial charge in [-0.2, -0.15) is 0 Å². The highest BCUT2D eigenvalue weighted by Gasteiger charge is 2.10. The maximum absolute atomic E-state index is 11.3. The third kappa shape index (κ3) is 2.42. The Morgan fingerprint density at radius 1 is 1.11 bits per heavy atom. The Kier molecular flexibility index (Phi) is 3.47. The van der Waals surface area contributed by atoms with Crippen LogP contribution in [-0.2, 0) is 4.74 Å². The number of hydrogen-bond acceptors (Lipinski definition) is 6. The second-order valence-electron chi connectivity index (χ2n) is 3.36. The van der Waals surface area contributed by atoms with E-state index in [2.05, 4.69) is 19.7 Å². The summed E-state index contributed by atoms with van der Waals surface area (Å²) >= 11 is 0. The number of rotatable bonds is 3. The van der Waals surface area contributed by atoms with Gasteiger partial charge in [0.2, 0.25) is 0 Å². The van der Waals surface area contributed by atoms with Crippen molar-refractivity contribution in [1.29, 1.82) is 0 Å². The molecule has 2 aromatic heterocycles. The lowest BCUT2D eigenvalue weighted by Crippen LogP contribution is -2.05. The molecule has 0 aromatic carbocycles. The van der Waals surface area contributed by atoms with Gasteiger partial charge in [-0.25, -0.2) is 9.78 Å². The van der Waals surface area contributed by atoms with Crippen molar-refractivity contribution in [3.05, 3.63) is 36.4 Å². The molecule has 0 aliphatic carbocycles. The average molecular weight is 245 g/mol. The molecular formula is C12H11N3O3. The smallest absolute Gasteiger partial charge is 0.358 e. The second kappa shape index (κ2) is 5.22. The van der Waals surface area contributed by atoms with Crippen LogP contribution in [0.1, 0.15) is 10.5 Å². The maximum atomic E-state index is 11.3. The minimum atomic E-state index is -0.530. The van der Waals surface area contributed by atoms with Crippen LogP contribution in [0.15, 0.2) is 30.7 Å². The fraction of sp³-hybridized carbons (Fsp3) is 0.167. The van der Waals surface area contributed by atoms with Crippen molar-refractivity contribution >= 4 is 5.97 Å². The lowest BCUT2D eigenvalue weighted by Gasteiger charge is -2.03. The van der Waals surface area contributed by atoms with Gasteiger partial charge in [-0.3, -0.25) is 9.97 Å². The number of carbonyl (C=O) groups is 1. The Balaban J connectivity index is 2.35. The molecule has 6 nitrogen and oxygen atoms in total. The SMILES string of the molecule is COC(=O)c1cncc(-c2ccc(OC)cn2)n1. The van der Waals surface area contributed by atoms with Crippen LogP contribution < -0.4 is 4.74 Å². The molecule has 0 bridgehead atoms. The summed E-state index contributed by atoms with van der Waals surface area (Å²) in [5, 5.41) is 0. The van der Waals surface area contributed by atoms with Gasteiger partial charge in [-0.15, -0.1) is 0 Å². The first-order valence-corrected chi connectivity index (χ1v) is 5.15. The standard InChI is InChI=1S/C12H11N3O3/c1-17-8-3-4-9(14-5-8)10-6-13-7-11(15-10)12(16)18-2/h3-7H,1-2H3. The lowest BCUT2D eigenvalue weighted by atomic mass is 10.2. The molecule has 0 fully saturated rings. The fourth-order valence-electron chi connectivity index (χ4n) is 1.34. The minimum absolute atomic E-state index is 0.146. The molecule has 92 valence electrons. The van der Waals surface area contributed by atoms with Gasteiger partial charge in [0.05, 0.1) is 38.5 Å². The first kappa shape index (κ1) is 12.0. The van der Waals surface area contributed by atoms with E-state index in [-0.39, 0.29) is 5.69 Å². The van der Waals surface area contributed by atoms with Gasteiger partial charge in [0.25, 0.3) is 0 Å². The largest absolute Gasteiger partial charge is 0.495 e. The van der Waals surface area contributed by atoms with Crippen molar-refractivity contribution in [2.45, 2.75) is 0 Å². The molecule has 0 aliphatic heterocycles. The molecule has 0 N–H and O–H groups in total. The van der Waals surface area contributed by atoms with Gasteiger partial charge in [-0.05, 0) is 12.1 Å². The Morgan fingerprint density at radius 3 is 2.56 bits per heavy atom. The van der Waals surface area contributed by atoms with Crippen LogP contribution in [-0.4, -0.2) is 35.1 Å². The fourth-order valence-corrected chi connectivity index (χ4v) is 1.34. The number of pyridine rings is 1. The quantitative estimate of drug-likeness (QED) is 0.759. The third-order valence-electron chi connectivity index (χ3n) is 2.26. The number of ether oxygens (including phenoxy) is 2. The number of carbonyl (C=O) groups excluding carboxylic acids is 1. The summed E-state index contributed by atoms with van der Waals surface area (Å²) in [6.07, 6.45) is 4.45. The van der Waals surface area contributed by atoms with E-state index in [0.717, 1.165) is 0 Å². The molecule has 0 atom stereocenters. The molecule has 0 amide bonds. The van der Waals surface area contributed by atoms with Crippen molar-refractivity contribution in [2.75, 3.05) is 14.2 Å². The normalized spacial score (nSPS) is 9.89. The van der Waals surface area contributed by atoms with E-state index in [9.17, 15) is 4.79 Å². The van der Waals surface area contributed by atoms with Gasteiger partial charge < -0.3 is 9.47 Å².